The molecule has 0 saturated carbocycles. The third-order valence-electron chi connectivity index (χ3n) is 0.222. The topological polar surface area (TPSA) is 209 Å². The van der Waals surface area contributed by atoms with E-state index >= 15 is 0 Å². The van der Waals surface area contributed by atoms with E-state index in [1.807, 2.05) is 0 Å². The molecule has 0 aliphatic carbocycles. The van der Waals surface area contributed by atoms with Gasteiger partial charge in [-0.2, -0.15) is 0 Å². The van der Waals surface area contributed by atoms with E-state index in [4.69, 9.17) is 0 Å². The minimum Gasteiger partial charge on any atom is 2.00 e. The van der Waals surface area contributed by atoms with Crippen LogP contribution < -0.4 is 0 Å². The maximum absolute atomic E-state index is 9.83. The summed E-state index contributed by atoms with van der Waals surface area (Å²) in [6, 6.07) is 0. The van der Waals surface area contributed by atoms with Crippen LogP contribution in [0.4, 0.5) is 0 Å². The first kappa shape index (κ1) is 30.5. The van der Waals surface area contributed by atoms with Crippen molar-refractivity contribution in [3.63, 3.8) is 0 Å². The van der Waals surface area contributed by atoms with Gasteiger partial charge in [-0.15, -0.1) is 0 Å². The molecule has 0 heterocycles. The van der Waals surface area contributed by atoms with Gasteiger partial charge in [-0.1, -0.05) is 0 Å². The largest absolute Gasteiger partial charge is 2.00 e. The van der Waals surface area contributed by atoms with Crippen molar-refractivity contribution in [3.8, 4) is 0 Å². The van der Waals surface area contributed by atoms with Crippen LogP contribution in [0.15, 0.2) is 0 Å². The molecule has 6 N–H and O–H groups in total. The maximum atomic E-state index is 9.83. The molecule has 0 amide bonds. The van der Waals surface area contributed by atoms with Gasteiger partial charge in [0.05, 0.1) is 0 Å². The average molecular weight is 495 g/mol. The van der Waals surface area contributed by atoms with E-state index in [1.54, 1.807) is 0 Å². The normalized spacial score (nSPS) is 9.73. The monoisotopic (exact) mass is 496 g/mol. The molecule has 0 spiro atoms. The SMILES string of the molecule is O.O.O.O=S(=O)([O-])S[Se]SS(=O)(=O)[O-].[Ba+2]. The van der Waals surface area contributed by atoms with Crippen molar-refractivity contribution in [1.82, 2.24) is 0 Å². The summed E-state index contributed by atoms with van der Waals surface area (Å²) in [4.78, 5) is 0. The van der Waals surface area contributed by atoms with Crippen LogP contribution in [0.25, 0.3) is 0 Å². The molecule has 0 unspecified atom stereocenters. The molecular formula is H6BaO9S4Se. The van der Waals surface area contributed by atoms with Crippen LogP contribution in [0.1, 0.15) is 0 Å². The minimum atomic E-state index is -4.48. The first-order valence-corrected chi connectivity index (χ1v) is 11.2. The van der Waals surface area contributed by atoms with Gasteiger partial charge in [-0.05, 0) is 0 Å². The van der Waals surface area contributed by atoms with E-state index in [2.05, 4.69) is 0 Å². The van der Waals surface area contributed by atoms with Crippen molar-refractivity contribution in [2.24, 2.45) is 0 Å². The van der Waals surface area contributed by atoms with Crippen LogP contribution in [-0.2, 0) is 18.3 Å². The van der Waals surface area contributed by atoms with Crippen molar-refractivity contribution >= 4 is 98.3 Å². The van der Waals surface area contributed by atoms with Crippen molar-refractivity contribution in [3.05, 3.63) is 0 Å². The zero-order valence-corrected chi connectivity index (χ0v) is 16.1. The van der Waals surface area contributed by atoms with Gasteiger partial charge in [0.1, 0.15) is 0 Å². The molecule has 0 aromatic rings. The Bertz CT molecular complexity index is 271. The number of hydrogen-bond donors (Lipinski definition) is 0. The first-order chi connectivity index (χ1) is 4.71. The maximum Gasteiger partial charge on any atom is 2.00 e. The summed E-state index contributed by atoms with van der Waals surface area (Å²) in [5.74, 6) is 0. The molecule has 15 heavy (non-hydrogen) atoms. The third-order valence-corrected chi connectivity index (χ3v) is 15.6. The molecule has 15 heteroatoms. The predicted octanol–water partition coefficient (Wildman–Crippen LogP) is -3.95. The Morgan fingerprint density at radius 1 is 0.800 bits per heavy atom. The van der Waals surface area contributed by atoms with Crippen LogP contribution in [0.5, 0.6) is 0 Å². The van der Waals surface area contributed by atoms with Gasteiger partial charge in [-0.25, -0.2) is 0 Å². The molecule has 0 fully saturated rings. The Labute approximate surface area is 138 Å². The van der Waals surface area contributed by atoms with Crippen LogP contribution in [0, 0.1) is 0 Å². The fraction of sp³-hybridized carbons (Fsp3) is 0. The quantitative estimate of drug-likeness (QED) is 0.213. The van der Waals surface area contributed by atoms with E-state index < -0.39 is 31.0 Å². The molecule has 0 aromatic heterocycles. The van der Waals surface area contributed by atoms with Crippen LogP contribution in [0.3, 0.4) is 0 Å². The summed E-state index contributed by atoms with van der Waals surface area (Å²) in [6.45, 7) is 0. The number of rotatable bonds is 4. The van der Waals surface area contributed by atoms with Crippen molar-refractivity contribution < 1.29 is 42.4 Å². The van der Waals surface area contributed by atoms with Crippen LogP contribution in [0.2, 0.25) is 0 Å². The van der Waals surface area contributed by atoms with E-state index in [9.17, 15) is 25.9 Å². The summed E-state index contributed by atoms with van der Waals surface area (Å²) in [5, 5.41) is 0. The molecule has 0 aliphatic heterocycles. The van der Waals surface area contributed by atoms with Gasteiger partial charge < -0.3 is 16.4 Å². The van der Waals surface area contributed by atoms with Crippen molar-refractivity contribution in [2.75, 3.05) is 0 Å². The molecule has 0 saturated heterocycles. The van der Waals surface area contributed by atoms with Crippen molar-refractivity contribution in [1.29, 1.82) is 0 Å². The Morgan fingerprint density at radius 2 is 1.00 bits per heavy atom. The van der Waals surface area contributed by atoms with Gasteiger partial charge in [-0.3, -0.25) is 0 Å². The zero-order chi connectivity index (χ0) is 9.12. The molecule has 0 radical (unpaired) electrons. The number of hydrogen-bond acceptors (Lipinski definition) is 8. The molecule has 0 bridgehead atoms. The Balaban J connectivity index is -0.0000000833. The molecule has 0 aliphatic rings. The van der Waals surface area contributed by atoms with Crippen molar-refractivity contribution in [2.45, 2.75) is 0 Å². The summed E-state index contributed by atoms with van der Waals surface area (Å²) in [7, 11) is -9.11. The third kappa shape index (κ3) is 31.5. The molecule has 0 aromatic carbocycles. The van der Waals surface area contributed by atoms with E-state index in [0.29, 0.717) is 0 Å². The van der Waals surface area contributed by atoms with E-state index in [0.717, 1.165) is 0 Å². The summed E-state index contributed by atoms with van der Waals surface area (Å²) in [6.07, 6.45) is 0. The first-order valence-electron chi connectivity index (χ1n) is 1.67. The van der Waals surface area contributed by atoms with E-state index in [-0.39, 0.29) is 83.7 Å². The second kappa shape index (κ2) is 12.9. The van der Waals surface area contributed by atoms with Crippen LogP contribution >= 0.6 is 18.4 Å². The smallest absolute Gasteiger partial charge is 2.00 e. The summed E-state index contributed by atoms with van der Waals surface area (Å²) in [5.41, 5.74) is 0. The molecule has 0 rings (SSSR count). The fourth-order valence-corrected chi connectivity index (χ4v) is 14.3. The van der Waals surface area contributed by atoms with Crippen LogP contribution in [-0.4, -0.2) is 104 Å². The zero-order valence-electron chi connectivity index (χ0n) is 6.70. The molecule has 9 nitrogen and oxygen atoms in total. The minimum absolute atomic E-state index is 0. The summed E-state index contributed by atoms with van der Waals surface area (Å²) < 4.78 is 59.0. The molecular weight excluding hydrogens is 489 g/mol. The van der Waals surface area contributed by atoms with Gasteiger partial charge in [0, 0.05) is 0 Å². The van der Waals surface area contributed by atoms with Gasteiger partial charge >= 0.3 is 124 Å². The second-order valence-electron chi connectivity index (χ2n) is 1.02. The fourth-order valence-electron chi connectivity index (χ4n) is 0.0794. The predicted molar refractivity (Wildman–Crippen MR) is 56.9 cm³/mol. The van der Waals surface area contributed by atoms with Gasteiger partial charge in [0.15, 0.2) is 0 Å². The Kier molecular flexibility index (Phi) is 26.3. The van der Waals surface area contributed by atoms with Gasteiger partial charge in [0.2, 0.25) is 0 Å². The second-order valence-corrected chi connectivity index (χ2v) is 14.4. The molecule has 0 atom stereocenters. The van der Waals surface area contributed by atoms with Gasteiger partial charge in [0.25, 0.3) is 0 Å². The average Bonchev–Trinajstić information content (AvgIpc) is 1.55. The Hall–Kier alpha value is 2.49. The standard InChI is InChI=1S/Ba.H2O6S4Se.3H2O/c;1-9(2,3)7-11-8-10(4,5)6;;;/h;(H,1,2,3)(H,4,5,6);3*1H2/q+2;;;;/p-2. The molecule has 92 valence electrons. The van der Waals surface area contributed by atoms with E-state index in [1.165, 1.54) is 0 Å². The summed E-state index contributed by atoms with van der Waals surface area (Å²) >= 11 is -1.12. The Morgan fingerprint density at radius 3 is 1.13 bits per heavy atom.